The second-order valence-corrected chi connectivity index (χ2v) is 5.23. The first-order chi connectivity index (χ1) is 9.97. The lowest BCUT2D eigenvalue weighted by atomic mass is 10.1. The van der Waals surface area contributed by atoms with Crippen LogP contribution in [0.15, 0.2) is 30.3 Å². The van der Waals surface area contributed by atoms with E-state index in [0.717, 1.165) is 5.69 Å². The molecule has 0 bridgehead atoms. The molecule has 0 amide bonds. The van der Waals surface area contributed by atoms with Gasteiger partial charge in [0.15, 0.2) is 5.65 Å². The first kappa shape index (κ1) is 13.6. The van der Waals surface area contributed by atoms with Gasteiger partial charge in [0.1, 0.15) is 0 Å². The molecule has 0 aliphatic rings. The molecule has 0 radical (unpaired) electrons. The number of carbonyl (C=O) groups is 1. The van der Waals surface area contributed by atoms with E-state index in [4.69, 9.17) is 11.6 Å². The molecule has 5 nitrogen and oxygen atoms in total. The van der Waals surface area contributed by atoms with Gasteiger partial charge in [-0.1, -0.05) is 17.7 Å². The molecule has 3 aromatic rings. The summed E-state index contributed by atoms with van der Waals surface area (Å²) in [6.45, 7) is 3.53. The number of hydrogen-bond acceptors (Lipinski definition) is 3. The Morgan fingerprint density at radius 1 is 1.29 bits per heavy atom. The lowest BCUT2D eigenvalue weighted by Crippen LogP contribution is -2.02. The van der Waals surface area contributed by atoms with Crippen LogP contribution in [0, 0.1) is 13.8 Å². The SMILES string of the molecule is Cc1cc(C(=O)O)c2c(C)nn(-c3cccc(Cl)c3)c2n1. The minimum absolute atomic E-state index is 0.211. The monoisotopic (exact) mass is 301 g/mol. The third-order valence-corrected chi connectivity index (χ3v) is 3.46. The van der Waals surface area contributed by atoms with Gasteiger partial charge < -0.3 is 5.11 Å². The fourth-order valence-corrected chi connectivity index (χ4v) is 2.56. The van der Waals surface area contributed by atoms with Crippen molar-refractivity contribution in [2.45, 2.75) is 13.8 Å². The van der Waals surface area contributed by atoms with Crippen LogP contribution in [0.3, 0.4) is 0 Å². The van der Waals surface area contributed by atoms with Gasteiger partial charge >= 0.3 is 5.97 Å². The van der Waals surface area contributed by atoms with Crippen LogP contribution in [-0.2, 0) is 0 Å². The zero-order valence-corrected chi connectivity index (χ0v) is 12.2. The maximum absolute atomic E-state index is 11.4. The predicted molar refractivity (Wildman–Crippen MR) is 80.3 cm³/mol. The Morgan fingerprint density at radius 2 is 2.05 bits per heavy atom. The molecule has 1 aromatic carbocycles. The molecule has 0 atom stereocenters. The summed E-state index contributed by atoms with van der Waals surface area (Å²) in [6, 6.07) is 8.75. The van der Waals surface area contributed by atoms with E-state index in [0.29, 0.717) is 27.4 Å². The number of pyridine rings is 1. The number of aryl methyl sites for hydroxylation is 2. The van der Waals surface area contributed by atoms with E-state index < -0.39 is 5.97 Å². The third-order valence-electron chi connectivity index (χ3n) is 3.22. The standard InChI is InChI=1S/C15H12ClN3O2/c1-8-6-12(15(20)21)13-9(2)18-19(14(13)17-8)11-5-3-4-10(16)7-11/h3-7H,1-2H3,(H,20,21). The van der Waals surface area contributed by atoms with Crippen LogP contribution >= 0.6 is 11.6 Å². The van der Waals surface area contributed by atoms with Crippen molar-refractivity contribution in [3.63, 3.8) is 0 Å². The quantitative estimate of drug-likeness (QED) is 0.788. The van der Waals surface area contributed by atoms with Crippen molar-refractivity contribution >= 4 is 28.6 Å². The van der Waals surface area contributed by atoms with Crippen molar-refractivity contribution in [3.05, 3.63) is 52.3 Å². The fourth-order valence-electron chi connectivity index (χ4n) is 2.37. The summed E-state index contributed by atoms with van der Waals surface area (Å²) in [5, 5.41) is 14.9. The second-order valence-electron chi connectivity index (χ2n) is 4.79. The first-order valence-electron chi connectivity index (χ1n) is 6.33. The summed E-state index contributed by atoms with van der Waals surface area (Å²) in [5.74, 6) is -0.987. The highest BCUT2D eigenvalue weighted by molar-refractivity contribution is 6.30. The Morgan fingerprint density at radius 3 is 2.71 bits per heavy atom. The van der Waals surface area contributed by atoms with E-state index in [-0.39, 0.29) is 5.56 Å². The normalized spacial score (nSPS) is 11.0. The van der Waals surface area contributed by atoms with Crippen molar-refractivity contribution < 1.29 is 9.90 Å². The van der Waals surface area contributed by atoms with Gasteiger partial charge in [0.05, 0.1) is 22.3 Å². The summed E-state index contributed by atoms with van der Waals surface area (Å²) in [5.41, 5.74) is 2.73. The minimum atomic E-state index is -0.987. The van der Waals surface area contributed by atoms with Crippen LogP contribution < -0.4 is 0 Å². The molecule has 0 aliphatic carbocycles. The number of carboxylic acids is 1. The summed E-state index contributed by atoms with van der Waals surface area (Å²) < 4.78 is 1.62. The highest BCUT2D eigenvalue weighted by atomic mass is 35.5. The van der Waals surface area contributed by atoms with Crippen LogP contribution in [0.25, 0.3) is 16.7 Å². The number of benzene rings is 1. The zero-order chi connectivity index (χ0) is 15.1. The molecule has 0 fully saturated rings. The molecule has 106 valence electrons. The van der Waals surface area contributed by atoms with Crippen LogP contribution in [0.4, 0.5) is 0 Å². The number of hydrogen-bond donors (Lipinski definition) is 1. The van der Waals surface area contributed by atoms with Crippen LogP contribution in [-0.4, -0.2) is 25.8 Å². The number of rotatable bonds is 2. The van der Waals surface area contributed by atoms with Crippen LogP contribution in [0.5, 0.6) is 0 Å². The van der Waals surface area contributed by atoms with Gasteiger partial charge in [-0.15, -0.1) is 0 Å². The Labute approximate surface area is 125 Å². The van der Waals surface area contributed by atoms with E-state index in [2.05, 4.69) is 10.1 Å². The van der Waals surface area contributed by atoms with Crippen LogP contribution in [0.2, 0.25) is 5.02 Å². The number of nitrogens with zero attached hydrogens (tertiary/aromatic N) is 3. The van der Waals surface area contributed by atoms with Crippen molar-refractivity contribution in [1.29, 1.82) is 0 Å². The topological polar surface area (TPSA) is 68.0 Å². The van der Waals surface area contributed by atoms with E-state index in [9.17, 15) is 9.90 Å². The molecule has 0 spiro atoms. The van der Waals surface area contributed by atoms with Gasteiger partial charge in [-0.25, -0.2) is 14.5 Å². The van der Waals surface area contributed by atoms with Crippen molar-refractivity contribution in [1.82, 2.24) is 14.8 Å². The summed E-state index contributed by atoms with van der Waals surface area (Å²) >= 11 is 6.01. The molecular formula is C15H12ClN3O2. The van der Waals surface area contributed by atoms with Gasteiger partial charge in [0, 0.05) is 10.7 Å². The molecule has 21 heavy (non-hydrogen) atoms. The van der Waals surface area contributed by atoms with E-state index in [1.54, 1.807) is 36.7 Å². The zero-order valence-electron chi connectivity index (χ0n) is 11.5. The largest absolute Gasteiger partial charge is 0.478 e. The molecule has 0 saturated carbocycles. The summed E-state index contributed by atoms with van der Waals surface area (Å²) in [6.07, 6.45) is 0. The molecule has 2 heterocycles. The molecule has 0 unspecified atom stereocenters. The van der Waals surface area contributed by atoms with Gasteiger partial charge in [0.25, 0.3) is 0 Å². The van der Waals surface area contributed by atoms with Gasteiger partial charge in [0.2, 0.25) is 0 Å². The maximum Gasteiger partial charge on any atom is 0.336 e. The molecule has 3 rings (SSSR count). The average molecular weight is 302 g/mol. The van der Waals surface area contributed by atoms with Crippen molar-refractivity contribution in [2.75, 3.05) is 0 Å². The van der Waals surface area contributed by atoms with E-state index in [1.807, 2.05) is 12.1 Å². The number of halogens is 1. The number of aromatic nitrogens is 3. The second kappa shape index (κ2) is 4.86. The minimum Gasteiger partial charge on any atom is -0.478 e. The van der Waals surface area contributed by atoms with E-state index in [1.165, 1.54) is 0 Å². The maximum atomic E-state index is 11.4. The van der Waals surface area contributed by atoms with Crippen molar-refractivity contribution in [3.8, 4) is 5.69 Å². The Bertz CT molecular complexity index is 871. The molecule has 0 saturated heterocycles. The third kappa shape index (κ3) is 2.25. The predicted octanol–water partition coefficient (Wildman–Crippen LogP) is 3.39. The fraction of sp³-hybridized carbons (Fsp3) is 0.133. The molecular weight excluding hydrogens is 290 g/mol. The Kier molecular flexibility index (Phi) is 3.14. The number of carboxylic acid groups (broad SMARTS) is 1. The van der Waals surface area contributed by atoms with E-state index >= 15 is 0 Å². The first-order valence-corrected chi connectivity index (χ1v) is 6.71. The van der Waals surface area contributed by atoms with Gasteiger partial charge in [-0.3, -0.25) is 0 Å². The molecule has 1 N–H and O–H groups in total. The number of fused-ring (bicyclic) bond motifs is 1. The van der Waals surface area contributed by atoms with Crippen molar-refractivity contribution in [2.24, 2.45) is 0 Å². The smallest absolute Gasteiger partial charge is 0.336 e. The lowest BCUT2D eigenvalue weighted by Gasteiger charge is -2.05. The molecule has 0 aliphatic heterocycles. The molecule has 6 heteroatoms. The lowest BCUT2D eigenvalue weighted by molar-refractivity contribution is 0.0698. The average Bonchev–Trinajstić information content (AvgIpc) is 2.75. The van der Waals surface area contributed by atoms with Crippen LogP contribution in [0.1, 0.15) is 21.7 Å². The Balaban J connectivity index is 2.38. The summed E-state index contributed by atoms with van der Waals surface area (Å²) in [4.78, 5) is 15.9. The molecule has 2 aromatic heterocycles. The van der Waals surface area contributed by atoms with Gasteiger partial charge in [-0.05, 0) is 38.1 Å². The Hall–Kier alpha value is -2.40. The number of aromatic carboxylic acids is 1. The summed E-state index contributed by atoms with van der Waals surface area (Å²) in [7, 11) is 0. The van der Waals surface area contributed by atoms with Gasteiger partial charge in [-0.2, -0.15) is 5.10 Å². The highest BCUT2D eigenvalue weighted by Crippen LogP contribution is 2.25. The highest BCUT2D eigenvalue weighted by Gasteiger charge is 2.18.